The normalized spacial score (nSPS) is 26.9. The molecule has 2 unspecified atom stereocenters. The van der Waals surface area contributed by atoms with Crippen LogP contribution in [0.1, 0.15) is 23.5 Å². The minimum Gasteiger partial charge on any atom is -0.496 e. The molecule has 2 atom stereocenters. The van der Waals surface area contributed by atoms with E-state index in [1.807, 2.05) is 12.1 Å². The fourth-order valence-corrected chi connectivity index (χ4v) is 3.98. The first-order valence-corrected chi connectivity index (χ1v) is 7.84. The molecule has 22 heavy (non-hydrogen) atoms. The summed E-state index contributed by atoms with van der Waals surface area (Å²) >= 11 is 0. The van der Waals surface area contributed by atoms with Crippen molar-refractivity contribution in [2.75, 3.05) is 27.2 Å². The maximum Gasteiger partial charge on any atom is 0.147 e. The maximum atomic E-state index is 6.57. The highest BCUT2D eigenvalue weighted by Gasteiger charge is 2.53. The number of ether oxygens (including phenoxy) is 2. The quantitative estimate of drug-likeness (QED) is 0.847. The number of nitrogens with zero attached hydrogens (tertiary/aromatic N) is 1. The van der Waals surface area contributed by atoms with Crippen molar-refractivity contribution in [2.24, 2.45) is 0 Å². The highest BCUT2D eigenvalue weighted by molar-refractivity contribution is 5.50. The second kappa shape index (κ2) is 5.03. The summed E-state index contributed by atoms with van der Waals surface area (Å²) < 4.78 is 12.2. The predicted molar refractivity (Wildman–Crippen MR) is 86.6 cm³/mol. The number of methoxy groups -OCH3 is 1. The van der Waals surface area contributed by atoms with Crippen LogP contribution >= 0.6 is 0 Å². The van der Waals surface area contributed by atoms with Gasteiger partial charge in [0.15, 0.2) is 0 Å². The molecule has 2 aliphatic rings. The summed E-state index contributed by atoms with van der Waals surface area (Å²) in [7, 11) is 3.93. The summed E-state index contributed by atoms with van der Waals surface area (Å²) in [5.41, 5.74) is 2.19. The Kier molecular flexibility index (Phi) is 3.12. The smallest absolute Gasteiger partial charge is 0.147 e. The number of rotatable bonds is 2. The largest absolute Gasteiger partial charge is 0.496 e. The van der Waals surface area contributed by atoms with Crippen LogP contribution < -0.4 is 9.47 Å². The monoisotopic (exact) mass is 295 g/mol. The van der Waals surface area contributed by atoms with Gasteiger partial charge in [-0.05, 0) is 19.2 Å². The molecular weight excluding hydrogens is 274 g/mol. The molecule has 2 aromatic carbocycles. The minimum atomic E-state index is -0.303. The molecule has 0 amide bonds. The third kappa shape index (κ3) is 1.85. The average Bonchev–Trinajstić information content (AvgIpc) is 2.90. The van der Waals surface area contributed by atoms with E-state index >= 15 is 0 Å². The van der Waals surface area contributed by atoms with Gasteiger partial charge in [-0.1, -0.05) is 36.4 Å². The van der Waals surface area contributed by atoms with E-state index in [0.717, 1.165) is 31.0 Å². The van der Waals surface area contributed by atoms with Gasteiger partial charge in [0, 0.05) is 36.6 Å². The Labute approximate surface area is 131 Å². The molecule has 0 aromatic heterocycles. The summed E-state index contributed by atoms with van der Waals surface area (Å²) in [6.45, 7) is 2.04. The van der Waals surface area contributed by atoms with Crippen molar-refractivity contribution >= 4 is 0 Å². The molecule has 0 radical (unpaired) electrons. The Morgan fingerprint density at radius 1 is 1.14 bits per heavy atom. The highest BCUT2D eigenvalue weighted by atomic mass is 16.5. The third-order valence-electron chi connectivity index (χ3n) is 5.07. The SMILES string of the molecule is COc1ccccc1C12CCN(C)CC1c1ccccc1O2. The summed E-state index contributed by atoms with van der Waals surface area (Å²) in [5, 5.41) is 0. The standard InChI is InChI=1S/C19H21NO2/c1-20-12-11-19(15-8-4-6-10-18(15)21-2)16(13-20)14-7-3-5-9-17(14)22-19/h3-10,16H,11-13H2,1-2H3. The first-order chi connectivity index (χ1) is 10.7. The minimum absolute atomic E-state index is 0.303. The van der Waals surface area contributed by atoms with Crippen molar-refractivity contribution < 1.29 is 9.47 Å². The van der Waals surface area contributed by atoms with Gasteiger partial charge >= 0.3 is 0 Å². The zero-order valence-electron chi connectivity index (χ0n) is 13.1. The maximum absolute atomic E-state index is 6.57. The number of benzene rings is 2. The fourth-order valence-electron chi connectivity index (χ4n) is 3.98. The van der Waals surface area contributed by atoms with Crippen LogP contribution in [0.25, 0.3) is 0 Å². The summed E-state index contributed by atoms with van der Waals surface area (Å²) in [4.78, 5) is 2.39. The van der Waals surface area contributed by atoms with Crippen molar-refractivity contribution in [2.45, 2.75) is 17.9 Å². The van der Waals surface area contributed by atoms with Crippen LogP contribution in [0, 0.1) is 0 Å². The lowest BCUT2D eigenvalue weighted by Gasteiger charge is -2.42. The van der Waals surface area contributed by atoms with E-state index in [4.69, 9.17) is 9.47 Å². The first-order valence-electron chi connectivity index (χ1n) is 7.84. The molecule has 0 saturated carbocycles. The Hall–Kier alpha value is -2.00. The van der Waals surface area contributed by atoms with E-state index in [9.17, 15) is 0 Å². The van der Waals surface area contributed by atoms with E-state index < -0.39 is 0 Å². The van der Waals surface area contributed by atoms with Gasteiger partial charge in [-0.25, -0.2) is 0 Å². The van der Waals surface area contributed by atoms with Crippen LogP contribution in [0.5, 0.6) is 11.5 Å². The summed E-state index contributed by atoms with van der Waals surface area (Å²) in [6.07, 6.45) is 0.975. The van der Waals surface area contributed by atoms with Gasteiger partial charge in [-0.3, -0.25) is 0 Å². The number of likely N-dealkylation sites (N-methyl/N-ethyl adjacent to an activating group) is 1. The van der Waals surface area contributed by atoms with E-state index in [1.165, 1.54) is 11.1 Å². The molecule has 0 bridgehead atoms. The highest BCUT2D eigenvalue weighted by Crippen LogP contribution is 2.55. The lowest BCUT2D eigenvalue weighted by molar-refractivity contribution is 0.00521. The second-order valence-corrected chi connectivity index (χ2v) is 6.29. The van der Waals surface area contributed by atoms with Crippen molar-refractivity contribution in [1.82, 2.24) is 4.90 Å². The number of para-hydroxylation sites is 2. The van der Waals surface area contributed by atoms with Crippen LogP contribution in [0.3, 0.4) is 0 Å². The summed E-state index contributed by atoms with van der Waals surface area (Å²) in [5.74, 6) is 2.29. The lowest BCUT2D eigenvalue weighted by Crippen LogP contribution is -2.47. The number of hydrogen-bond acceptors (Lipinski definition) is 3. The Bertz CT molecular complexity index is 699. The second-order valence-electron chi connectivity index (χ2n) is 6.29. The van der Waals surface area contributed by atoms with Gasteiger partial charge in [0.1, 0.15) is 17.1 Å². The van der Waals surface area contributed by atoms with Crippen molar-refractivity contribution in [1.29, 1.82) is 0 Å². The molecule has 4 rings (SSSR count). The van der Waals surface area contributed by atoms with Crippen LogP contribution in [-0.4, -0.2) is 32.1 Å². The van der Waals surface area contributed by atoms with E-state index in [-0.39, 0.29) is 5.60 Å². The molecule has 1 saturated heterocycles. The molecule has 3 heteroatoms. The molecule has 0 N–H and O–H groups in total. The van der Waals surface area contributed by atoms with Gasteiger partial charge in [-0.2, -0.15) is 0 Å². The molecule has 3 nitrogen and oxygen atoms in total. The molecule has 2 aromatic rings. The van der Waals surface area contributed by atoms with Gasteiger partial charge < -0.3 is 14.4 Å². The zero-order valence-corrected chi connectivity index (χ0v) is 13.1. The predicted octanol–water partition coefficient (Wildman–Crippen LogP) is 3.40. The van der Waals surface area contributed by atoms with Crippen LogP contribution in [0.4, 0.5) is 0 Å². The molecule has 2 heterocycles. The topological polar surface area (TPSA) is 21.7 Å². The number of likely N-dealkylation sites (tertiary alicyclic amines) is 1. The van der Waals surface area contributed by atoms with E-state index in [1.54, 1.807) is 7.11 Å². The molecule has 0 aliphatic carbocycles. The first kappa shape index (κ1) is 13.6. The molecule has 114 valence electrons. The lowest BCUT2D eigenvalue weighted by atomic mass is 9.74. The van der Waals surface area contributed by atoms with Crippen molar-refractivity contribution in [3.05, 3.63) is 59.7 Å². The van der Waals surface area contributed by atoms with Crippen LogP contribution in [-0.2, 0) is 5.60 Å². The van der Waals surface area contributed by atoms with Crippen LogP contribution in [0.15, 0.2) is 48.5 Å². The number of fused-ring (bicyclic) bond motifs is 3. The molecular formula is C19H21NO2. The van der Waals surface area contributed by atoms with Gasteiger partial charge in [0.25, 0.3) is 0 Å². The third-order valence-corrected chi connectivity index (χ3v) is 5.07. The number of hydrogen-bond donors (Lipinski definition) is 0. The Morgan fingerprint density at radius 2 is 1.91 bits per heavy atom. The number of piperidine rings is 1. The fraction of sp³-hybridized carbons (Fsp3) is 0.368. The Balaban J connectivity index is 1.89. The molecule has 0 spiro atoms. The Morgan fingerprint density at radius 3 is 2.77 bits per heavy atom. The molecule has 1 fully saturated rings. The van der Waals surface area contributed by atoms with E-state index in [0.29, 0.717) is 5.92 Å². The van der Waals surface area contributed by atoms with Gasteiger partial charge in [-0.15, -0.1) is 0 Å². The summed E-state index contributed by atoms with van der Waals surface area (Å²) in [6, 6.07) is 16.7. The van der Waals surface area contributed by atoms with Gasteiger partial charge in [0.05, 0.1) is 7.11 Å². The van der Waals surface area contributed by atoms with Crippen molar-refractivity contribution in [3.8, 4) is 11.5 Å². The van der Waals surface area contributed by atoms with E-state index in [2.05, 4.69) is 48.3 Å². The van der Waals surface area contributed by atoms with Crippen molar-refractivity contribution in [3.63, 3.8) is 0 Å². The van der Waals surface area contributed by atoms with Gasteiger partial charge in [0.2, 0.25) is 0 Å². The van der Waals surface area contributed by atoms with Crippen LogP contribution in [0.2, 0.25) is 0 Å². The molecule has 2 aliphatic heterocycles. The average molecular weight is 295 g/mol. The zero-order chi connectivity index (χ0) is 15.2.